The van der Waals surface area contributed by atoms with Gasteiger partial charge in [-0.2, -0.15) is 0 Å². The van der Waals surface area contributed by atoms with E-state index in [4.69, 9.17) is 0 Å². The van der Waals surface area contributed by atoms with Crippen molar-refractivity contribution in [3.63, 3.8) is 0 Å². The molecule has 0 aliphatic carbocycles. The third-order valence-electron chi connectivity index (χ3n) is 1.000. The van der Waals surface area contributed by atoms with Crippen LogP contribution >= 0.6 is 0 Å². The molecule has 1 heteroatoms. The van der Waals surface area contributed by atoms with Crippen molar-refractivity contribution in [1.29, 1.82) is 0 Å². The highest BCUT2D eigenvalue weighted by molar-refractivity contribution is 4.22. The van der Waals surface area contributed by atoms with Crippen LogP contribution in [0.1, 0.15) is 54.8 Å². The molecule has 0 fully saturated rings. The lowest BCUT2D eigenvalue weighted by Gasteiger charge is -1.68. The molecule has 0 aromatic carbocycles. The van der Waals surface area contributed by atoms with E-state index in [0.717, 1.165) is 0 Å². The van der Waals surface area contributed by atoms with Crippen molar-refractivity contribution in [2.75, 3.05) is 7.05 Å². The molecule has 2 N–H and O–H groups in total. The Kier molecular flexibility index (Phi) is 138. The minimum absolute atomic E-state index is 0. The zero-order chi connectivity index (χ0) is 10.8. The van der Waals surface area contributed by atoms with E-state index >= 15 is 0 Å². The normalized spacial score (nSPS) is 5.83. The van der Waals surface area contributed by atoms with E-state index in [2.05, 4.69) is 46.6 Å². The molecule has 0 saturated heterocycles. The molecule has 0 amide bonds. The van der Waals surface area contributed by atoms with Gasteiger partial charge in [-0.1, -0.05) is 53.4 Å². The molecule has 80 valence electrons. The second kappa shape index (κ2) is 73.5. The van der Waals surface area contributed by atoms with Gasteiger partial charge in [-0.3, -0.25) is 0 Å². The summed E-state index contributed by atoms with van der Waals surface area (Å²) in [5.41, 5.74) is 4.50. The Morgan fingerprint density at radius 3 is 0.833 bits per heavy atom. The van der Waals surface area contributed by atoms with Gasteiger partial charge in [-0.25, -0.2) is 0 Å². The van der Waals surface area contributed by atoms with Crippen molar-refractivity contribution in [3.8, 4) is 0 Å². The molecule has 0 atom stereocenters. The average Bonchev–Trinajstić information content (AvgIpc) is 2.23. The Morgan fingerprint density at radius 2 is 0.833 bits per heavy atom. The standard InChI is InChI=1S/2C4H10.C2H4.CH5N.H2/c2*1-3-4-2;2*1-2;/h2*3-4H2,1-2H3;1-2H2;2H2,1H3;1H. The van der Waals surface area contributed by atoms with Gasteiger partial charge in [0.25, 0.3) is 0 Å². The fourth-order valence-corrected chi connectivity index (χ4v) is 0. The maximum atomic E-state index is 4.50. The lowest BCUT2D eigenvalue weighted by molar-refractivity contribution is 0.886. The summed E-state index contributed by atoms with van der Waals surface area (Å²) in [6.45, 7) is 14.7. The third-order valence-corrected chi connectivity index (χ3v) is 1.000. The maximum absolute atomic E-state index is 4.50. The van der Waals surface area contributed by atoms with Gasteiger partial charge >= 0.3 is 0 Å². The van der Waals surface area contributed by atoms with Crippen molar-refractivity contribution < 1.29 is 1.43 Å². The van der Waals surface area contributed by atoms with E-state index in [1.165, 1.54) is 32.7 Å². The van der Waals surface area contributed by atoms with Crippen molar-refractivity contribution in [3.05, 3.63) is 13.2 Å². The van der Waals surface area contributed by atoms with Crippen LogP contribution in [-0.4, -0.2) is 7.05 Å². The molecule has 0 aromatic rings. The molecule has 0 unspecified atom stereocenters. The SMILES string of the molecule is C=C.CCCC.CCCC.CN.[HH]. The van der Waals surface area contributed by atoms with Gasteiger partial charge in [-0.05, 0) is 7.05 Å². The summed E-state index contributed by atoms with van der Waals surface area (Å²) in [4.78, 5) is 0. The van der Waals surface area contributed by atoms with Crippen LogP contribution in [0.4, 0.5) is 0 Å². The fourth-order valence-electron chi connectivity index (χ4n) is 0. The lowest BCUT2D eigenvalue weighted by Crippen LogP contribution is -1.69. The quantitative estimate of drug-likeness (QED) is 0.627. The largest absolute Gasteiger partial charge is 0.333 e. The van der Waals surface area contributed by atoms with E-state index in [1.54, 1.807) is 0 Å². The van der Waals surface area contributed by atoms with Crippen LogP contribution < -0.4 is 5.73 Å². The number of hydrogen-bond donors (Lipinski definition) is 1. The van der Waals surface area contributed by atoms with E-state index < -0.39 is 0 Å². The van der Waals surface area contributed by atoms with E-state index in [1.807, 2.05) is 0 Å². The summed E-state index contributed by atoms with van der Waals surface area (Å²) < 4.78 is 0. The van der Waals surface area contributed by atoms with E-state index in [-0.39, 0.29) is 1.43 Å². The molecule has 12 heavy (non-hydrogen) atoms. The topological polar surface area (TPSA) is 26.0 Å². The number of hydrogen-bond acceptors (Lipinski definition) is 1. The monoisotopic (exact) mass is 177 g/mol. The van der Waals surface area contributed by atoms with Gasteiger partial charge in [0.2, 0.25) is 0 Å². The van der Waals surface area contributed by atoms with Gasteiger partial charge in [0.15, 0.2) is 0 Å². The Balaban J connectivity index is -0.0000000226. The third kappa shape index (κ3) is 254. The van der Waals surface area contributed by atoms with Crippen molar-refractivity contribution in [2.45, 2.75) is 53.4 Å². The molecular formula is C11H31N. The summed E-state index contributed by atoms with van der Waals surface area (Å²) in [7, 11) is 1.50. The van der Waals surface area contributed by atoms with Crippen LogP contribution in [-0.2, 0) is 0 Å². The van der Waals surface area contributed by atoms with Crippen LogP contribution in [0.15, 0.2) is 13.2 Å². The van der Waals surface area contributed by atoms with Crippen LogP contribution in [0, 0.1) is 0 Å². The minimum Gasteiger partial charge on any atom is -0.333 e. The van der Waals surface area contributed by atoms with Gasteiger partial charge in [0.05, 0.1) is 0 Å². The molecule has 0 aliphatic rings. The first kappa shape index (κ1) is 22.6. The maximum Gasteiger partial charge on any atom is 0 e. The summed E-state index contributed by atoms with van der Waals surface area (Å²) in [6, 6.07) is 0. The molecule has 0 aliphatic heterocycles. The first-order valence-corrected chi connectivity index (χ1v) is 4.91. The lowest BCUT2D eigenvalue weighted by atomic mass is 10.4. The minimum atomic E-state index is 0. The second-order valence-electron chi connectivity index (χ2n) is 2.00. The van der Waals surface area contributed by atoms with Crippen LogP contribution in [0.25, 0.3) is 0 Å². The first-order valence-electron chi connectivity index (χ1n) is 4.91. The summed E-state index contributed by atoms with van der Waals surface area (Å²) >= 11 is 0. The summed E-state index contributed by atoms with van der Waals surface area (Å²) in [5, 5.41) is 0. The number of rotatable bonds is 2. The summed E-state index contributed by atoms with van der Waals surface area (Å²) in [6.07, 6.45) is 5.28. The molecule has 0 aromatic heterocycles. The van der Waals surface area contributed by atoms with Gasteiger partial charge in [0.1, 0.15) is 0 Å². The molecular weight excluding hydrogens is 146 g/mol. The number of unbranched alkanes of at least 4 members (excludes halogenated alkanes) is 2. The highest BCUT2D eigenvalue weighted by Gasteiger charge is 1.56. The van der Waals surface area contributed by atoms with Gasteiger partial charge in [-0.15, -0.1) is 13.2 Å². The summed E-state index contributed by atoms with van der Waals surface area (Å²) in [5.74, 6) is 0. The Labute approximate surface area is 81.5 Å². The Hall–Kier alpha value is -0.300. The Bertz CT molecular complexity index is 25.3. The van der Waals surface area contributed by atoms with Crippen molar-refractivity contribution >= 4 is 0 Å². The molecule has 0 saturated carbocycles. The van der Waals surface area contributed by atoms with Crippen LogP contribution in [0.5, 0.6) is 0 Å². The fraction of sp³-hybridized carbons (Fsp3) is 0.818. The predicted molar refractivity (Wildman–Crippen MR) is 64.6 cm³/mol. The number of nitrogens with two attached hydrogens (primary N) is 1. The highest BCUT2D eigenvalue weighted by atomic mass is 14.4. The molecule has 0 heterocycles. The highest BCUT2D eigenvalue weighted by Crippen LogP contribution is 1.77. The predicted octanol–water partition coefficient (Wildman–Crippen LogP) is 4.24. The zero-order valence-electron chi connectivity index (χ0n) is 9.82. The molecule has 0 bridgehead atoms. The second-order valence-corrected chi connectivity index (χ2v) is 2.00. The molecule has 1 nitrogen and oxygen atoms in total. The smallest absolute Gasteiger partial charge is 0 e. The van der Waals surface area contributed by atoms with Gasteiger partial charge in [0, 0.05) is 1.43 Å². The van der Waals surface area contributed by atoms with Gasteiger partial charge < -0.3 is 5.73 Å². The van der Waals surface area contributed by atoms with Crippen molar-refractivity contribution in [1.82, 2.24) is 0 Å². The van der Waals surface area contributed by atoms with E-state index in [0.29, 0.717) is 0 Å². The molecule has 0 spiro atoms. The average molecular weight is 177 g/mol. The van der Waals surface area contributed by atoms with Crippen molar-refractivity contribution in [2.24, 2.45) is 5.73 Å². The first-order chi connectivity index (χ1) is 5.83. The zero-order valence-corrected chi connectivity index (χ0v) is 9.82. The molecule has 0 rings (SSSR count). The van der Waals surface area contributed by atoms with Crippen LogP contribution in [0.3, 0.4) is 0 Å². The molecule has 0 radical (unpaired) electrons. The Morgan fingerprint density at radius 1 is 0.750 bits per heavy atom. The van der Waals surface area contributed by atoms with Crippen LogP contribution in [0.2, 0.25) is 0 Å². The van der Waals surface area contributed by atoms with E-state index in [9.17, 15) is 0 Å².